The summed E-state index contributed by atoms with van der Waals surface area (Å²) in [4.78, 5) is 19.7. The van der Waals surface area contributed by atoms with E-state index < -0.39 is 11.7 Å². The van der Waals surface area contributed by atoms with E-state index in [9.17, 15) is 9.90 Å². The lowest BCUT2D eigenvalue weighted by atomic mass is 10.2. The second-order valence-electron chi connectivity index (χ2n) is 4.92. The largest absolute Gasteiger partial charge is 0.483 e. The van der Waals surface area contributed by atoms with E-state index in [1.807, 2.05) is 20.8 Å². The summed E-state index contributed by atoms with van der Waals surface area (Å²) >= 11 is 0. The van der Waals surface area contributed by atoms with Crippen molar-refractivity contribution in [3.63, 3.8) is 0 Å². The topological polar surface area (TPSA) is 95.9 Å². The van der Waals surface area contributed by atoms with Crippen molar-refractivity contribution in [1.82, 2.24) is 5.32 Å². The van der Waals surface area contributed by atoms with Crippen LogP contribution >= 0.6 is 0 Å². The fourth-order valence-corrected chi connectivity index (χ4v) is 1.56. The van der Waals surface area contributed by atoms with Gasteiger partial charge in [-0.2, -0.15) is 0 Å². The van der Waals surface area contributed by atoms with Crippen molar-refractivity contribution in [2.75, 3.05) is 0 Å². The molecule has 2 atom stereocenters. The number of nitrogens with one attached hydrogen (secondary N) is 1. The van der Waals surface area contributed by atoms with Crippen LogP contribution in [0.1, 0.15) is 40.0 Å². The normalized spacial score (nSPS) is 23.3. The van der Waals surface area contributed by atoms with Crippen molar-refractivity contribution in [3.05, 3.63) is 0 Å². The van der Waals surface area contributed by atoms with Crippen molar-refractivity contribution in [1.29, 1.82) is 0 Å². The van der Waals surface area contributed by atoms with Gasteiger partial charge in [0.05, 0.1) is 6.10 Å². The van der Waals surface area contributed by atoms with Crippen molar-refractivity contribution in [2.45, 2.75) is 57.8 Å². The maximum absolute atomic E-state index is 11.3. The predicted molar refractivity (Wildman–Crippen MR) is 61.7 cm³/mol. The molecule has 0 aliphatic heterocycles. The van der Waals surface area contributed by atoms with E-state index in [4.69, 9.17) is 14.6 Å². The minimum Gasteiger partial charge on any atom is -0.483 e. The highest BCUT2D eigenvalue weighted by atomic mass is 16.6. The Morgan fingerprint density at radius 3 is 2.29 bits per heavy atom. The van der Waals surface area contributed by atoms with E-state index in [2.05, 4.69) is 5.32 Å². The molecule has 1 aliphatic rings. The lowest BCUT2D eigenvalue weighted by molar-refractivity contribution is -0.122. The maximum atomic E-state index is 11.3. The van der Waals surface area contributed by atoms with Gasteiger partial charge in [0.1, 0.15) is 5.60 Å². The Morgan fingerprint density at radius 1 is 1.41 bits per heavy atom. The van der Waals surface area contributed by atoms with Crippen LogP contribution in [0.25, 0.3) is 0 Å². The van der Waals surface area contributed by atoms with Crippen LogP contribution in [-0.2, 0) is 9.53 Å². The highest BCUT2D eigenvalue weighted by Gasteiger charge is 2.26. The van der Waals surface area contributed by atoms with Gasteiger partial charge in [-0.1, -0.05) is 0 Å². The summed E-state index contributed by atoms with van der Waals surface area (Å²) in [5.74, 6) is 0. The van der Waals surface area contributed by atoms with Crippen LogP contribution < -0.4 is 5.32 Å². The Balaban J connectivity index is 0.000000770. The molecular weight excluding hydrogens is 226 g/mol. The molecule has 6 nitrogen and oxygen atoms in total. The van der Waals surface area contributed by atoms with E-state index in [-0.39, 0.29) is 18.6 Å². The number of amides is 1. The van der Waals surface area contributed by atoms with Gasteiger partial charge in [0, 0.05) is 6.04 Å². The first-order valence-corrected chi connectivity index (χ1v) is 5.54. The zero-order valence-electron chi connectivity index (χ0n) is 10.5. The molecule has 6 heteroatoms. The highest BCUT2D eigenvalue weighted by Crippen LogP contribution is 2.19. The van der Waals surface area contributed by atoms with Crippen LogP contribution in [0.15, 0.2) is 0 Å². The first-order chi connectivity index (χ1) is 7.78. The van der Waals surface area contributed by atoms with E-state index in [0.717, 1.165) is 12.8 Å². The average Bonchev–Trinajstić information content (AvgIpc) is 2.48. The molecule has 0 aromatic heterocycles. The molecule has 0 saturated heterocycles. The summed E-state index contributed by atoms with van der Waals surface area (Å²) in [6, 6.07) is 0.0693. The number of hydrogen-bond donors (Lipinski definition) is 3. The van der Waals surface area contributed by atoms with Gasteiger partial charge >= 0.3 is 6.09 Å². The lowest BCUT2D eigenvalue weighted by Gasteiger charge is -2.21. The number of ether oxygens (including phenoxy) is 1. The molecule has 1 saturated carbocycles. The van der Waals surface area contributed by atoms with Crippen LogP contribution in [0.4, 0.5) is 4.79 Å². The molecule has 0 heterocycles. The quantitative estimate of drug-likeness (QED) is 0.603. The van der Waals surface area contributed by atoms with Crippen LogP contribution in [0, 0.1) is 0 Å². The molecule has 100 valence electrons. The molecular formula is C11H21NO5. The van der Waals surface area contributed by atoms with Gasteiger partial charge in [0.2, 0.25) is 0 Å². The van der Waals surface area contributed by atoms with Crippen LogP contribution in [-0.4, -0.2) is 40.5 Å². The summed E-state index contributed by atoms with van der Waals surface area (Å²) < 4.78 is 5.10. The molecule has 1 amide bonds. The number of aliphatic hydroxyl groups excluding tert-OH is 1. The third-order valence-corrected chi connectivity index (χ3v) is 2.13. The molecule has 1 rings (SSSR count). The van der Waals surface area contributed by atoms with Gasteiger partial charge in [-0.3, -0.25) is 4.79 Å². The monoisotopic (exact) mass is 247 g/mol. The standard InChI is InChI=1S/C10H19NO3.CH2O2/c1-10(2,3)14-9(13)11-7-4-5-8(12)6-7;2-1-3/h7-8,12H,4-6H2,1-3H3,(H,11,13);1H,(H,2,3). The zero-order chi connectivity index (χ0) is 13.5. The van der Waals surface area contributed by atoms with Gasteiger partial charge in [-0.15, -0.1) is 0 Å². The van der Waals surface area contributed by atoms with E-state index >= 15 is 0 Å². The summed E-state index contributed by atoms with van der Waals surface area (Å²) in [7, 11) is 0. The molecule has 0 spiro atoms. The van der Waals surface area contributed by atoms with Gasteiger partial charge < -0.3 is 20.3 Å². The Kier molecular flexibility index (Phi) is 6.57. The fourth-order valence-electron chi connectivity index (χ4n) is 1.56. The molecule has 1 fully saturated rings. The lowest BCUT2D eigenvalue weighted by Crippen LogP contribution is -2.38. The van der Waals surface area contributed by atoms with Crippen LogP contribution in [0.2, 0.25) is 0 Å². The number of carbonyl (C=O) groups excluding carboxylic acids is 1. The molecule has 0 bridgehead atoms. The Labute approximate surface area is 101 Å². The summed E-state index contributed by atoms with van der Waals surface area (Å²) in [6.45, 7) is 5.24. The van der Waals surface area contributed by atoms with Crippen molar-refractivity contribution < 1.29 is 24.5 Å². The molecule has 3 N–H and O–H groups in total. The van der Waals surface area contributed by atoms with E-state index in [1.165, 1.54) is 0 Å². The summed E-state index contributed by atoms with van der Waals surface area (Å²) in [6.07, 6.45) is 1.58. The van der Waals surface area contributed by atoms with E-state index in [1.54, 1.807) is 0 Å². The maximum Gasteiger partial charge on any atom is 0.407 e. The SMILES string of the molecule is CC(C)(C)OC(=O)NC1CCC(O)C1.O=CO. The Bertz CT molecular complexity index is 249. The van der Waals surface area contributed by atoms with Crippen LogP contribution in [0.3, 0.4) is 0 Å². The number of aliphatic hydroxyl groups is 1. The number of carboxylic acid groups (broad SMARTS) is 1. The minimum absolute atomic E-state index is 0.0693. The zero-order valence-corrected chi connectivity index (χ0v) is 10.5. The third-order valence-electron chi connectivity index (χ3n) is 2.13. The van der Waals surface area contributed by atoms with Gasteiger partial charge in [0.15, 0.2) is 0 Å². The number of alkyl carbamates (subject to hydrolysis) is 1. The molecule has 0 aromatic carbocycles. The molecule has 0 radical (unpaired) electrons. The average molecular weight is 247 g/mol. The first-order valence-electron chi connectivity index (χ1n) is 5.54. The third kappa shape index (κ3) is 8.50. The molecule has 17 heavy (non-hydrogen) atoms. The molecule has 1 aliphatic carbocycles. The number of rotatable bonds is 1. The van der Waals surface area contributed by atoms with Crippen molar-refractivity contribution in [3.8, 4) is 0 Å². The summed E-state index contributed by atoms with van der Waals surface area (Å²) in [5.41, 5.74) is -0.457. The number of hydrogen-bond acceptors (Lipinski definition) is 4. The van der Waals surface area contributed by atoms with Gasteiger partial charge in [0.25, 0.3) is 6.47 Å². The molecule has 0 aromatic rings. The second kappa shape index (κ2) is 7.11. The van der Waals surface area contributed by atoms with Crippen molar-refractivity contribution in [2.24, 2.45) is 0 Å². The van der Waals surface area contributed by atoms with Crippen molar-refractivity contribution >= 4 is 12.6 Å². The summed E-state index contributed by atoms with van der Waals surface area (Å²) in [5, 5.41) is 18.9. The first kappa shape index (κ1) is 15.7. The number of carbonyl (C=O) groups is 2. The highest BCUT2D eigenvalue weighted by molar-refractivity contribution is 5.68. The smallest absolute Gasteiger partial charge is 0.407 e. The second-order valence-corrected chi connectivity index (χ2v) is 4.92. The van der Waals surface area contributed by atoms with Crippen LogP contribution in [0.5, 0.6) is 0 Å². The molecule has 2 unspecified atom stereocenters. The van der Waals surface area contributed by atoms with Gasteiger partial charge in [-0.25, -0.2) is 4.79 Å². The Morgan fingerprint density at radius 2 is 1.94 bits per heavy atom. The fraction of sp³-hybridized carbons (Fsp3) is 0.818. The van der Waals surface area contributed by atoms with E-state index in [0.29, 0.717) is 6.42 Å². The van der Waals surface area contributed by atoms with Gasteiger partial charge in [-0.05, 0) is 40.0 Å². The Hall–Kier alpha value is -1.30. The predicted octanol–water partition coefficient (Wildman–Crippen LogP) is 1.13. The minimum atomic E-state index is -0.457.